The van der Waals surface area contributed by atoms with E-state index in [1.807, 2.05) is 24.3 Å². The van der Waals surface area contributed by atoms with E-state index in [1.165, 1.54) is 6.08 Å². The average Bonchev–Trinajstić information content (AvgIpc) is 2.71. The molecule has 6 heteroatoms. The number of nitrogens with zero attached hydrogens (tertiary/aromatic N) is 1. The highest BCUT2D eigenvalue weighted by Crippen LogP contribution is 2.25. The van der Waals surface area contributed by atoms with Gasteiger partial charge in [0.25, 0.3) is 0 Å². The largest absolute Gasteiger partial charge is 0.497 e. The van der Waals surface area contributed by atoms with Gasteiger partial charge in [-0.3, -0.25) is 0 Å². The zero-order chi connectivity index (χ0) is 19.6. The van der Waals surface area contributed by atoms with Crippen LogP contribution in [0.5, 0.6) is 17.2 Å². The monoisotopic (exact) mass is 367 g/mol. The predicted molar refractivity (Wildman–Crippen MR) is 101 cm³/mol. The third-order valence-electron chi connectivity index (χ3n) is 3.69. The molecule has 0 amide bonds. The van der Waals surface area contributed by atoms with Crippen molar-refractivity contribution in [3.05, 3.63) is 59.2 Å². The van der Waals surface area contributed by atoms with Crippen LogP contribution in [-0.2, 0) is 16.1 Å². The average molecular weight is 367 g/mol. The Morgan fingerprint density at radius 2 is 1.78 bits per heavy atom. The summed E-state index contributed by atoms with van der Waals surface area (Å²) in [5.74, 6) is 1.44. The van der Waals surface area contributed by atoms with Crippen molar-refractivity contribution in [3.8, 4) is 23.3 Å². The Labute approximate surface area is 158 Å². The molecule has 6 nitrogen and oxygen atoms in total. The zero-order valence-corrected chi connectivity index (χ0v) is 15.5. The summed E-state index contributed by atoms with van der Waals surface area (Å²) < 4.78 is 21.2. The number of carbonyl (C=O) groups excluding carboxylic acids is 1. The third-order valence-corrected chi connectivity index (χ3v) is 3.69. The lowest BCUT2D eigenvalue weighted by molar-refractivity contribution is -0.137. The molecule has 0 saturated heterocycles. The molecule has 0 atom stereocenters. The number of esters is 1. The number of nitriles is 1. The lowest BCUT2D eigenvalue weighted by Crippen LogP contribution is -2.05. The highest BCUT2D eigenvalue weighted by Gasteiger charge is 2.10. The van der Waals surface area contributed by atoms with E-state index in [-0.39, 0.29) is 12.2 Å². The first-order valence-electron chi connectivity index (χ1n) is 8.34. The van der Waals surface area contributed by atoms with Crippen LogP contribution in [0.2, 0.25) is 0 Å². The summed E-state index contributed by atoms with van der Waals surface area (Å²) in [7, 11) is 3.20. The Bertz CT molecular complexity index is 850. The van der Waals surface area contributed by atoms with Gasteiger partial charge in [-0.2, -0.15) is 5.26 Å². The highest BCUT2D eigenvalue weighted by molar-refractivity contribution is 5.97. The molecule has 27 heavy (non-hydrogen) atoms. The third kappa shape index (κ3) is 5.51. The first-order chi connectivity index (χ1) is 13.1. The molecule has 140 valence electrons. The molecule has 0 aromatic heterocycles. The lowest BCUT2D eigenvalue weighted by atomic mass is 10.1. The van der Waals surface area contributed by atoms with Gasteiger partial charge in [0.05, 0.1) is 20.8 Å². The Morgan fingerprint density at radius 1 is 1.07 bits per heavy atom. The molecule has 0 N–H and O–H groups in total. The maximum atomic E-state index is 11.7. The molecule has 2 rings (SSSR count). The van der Waals surface area contributed by atoms with Gasteiger partial charge in [-0.05, 0) is 48.9 Å². The molecular weight excluding hydrogens is 346 g/mol. The number of rotatable bonds is 8. The number of methoxy groups -OCH3 is 2. The summed E-state index contributed by atoms with van der Waals surface area (Å²) in [6.07, 6.45) is 1.48. The standard InChI is InChI=1S/C21H21NO5/c1-4-26-21(23)16(13-22)11-15-5-7-18(8-6-15)27-14-17-12-19(24-2)9-10-20(17)25-3/h5-12H,4,14H2,1-3H3/b16-11+. The molecule has 0 spiro atoms. The van der Waals surface area contributed by atoms with Crippen LogP contribution in [0.1, 0.15) is 18.1 Å². The fourth-order valence-electron chi connectivity index (χ4n) is 2.33. The molecular formula is C21H21NO5. The number of hydrogen-bond acceptors (Lipinski definition) is 6. The Balaban J connectivity index is 2.08. The Hall–Kier alpha value is -3.46. The van der Waals surface area contributed by atoms with Gasteiger partial charge in [-0.1, -0.05) is 12.1 Å². The SMILES string of the molecule is CCOC(=O)/C(C#N)=C/c1ccc(OCc2cc(OC)ccc2OC)cc1. The summed E-state index contributed by atoms with van der Waals surface area (Å²) in [4.78, 5) is 11.7. The van der Waals surface area contributed by atoms with Crippen molar-refractivity contribution in [2.75, 3.05) is 20.8 Å². The minimum Gasteiger partial charge on any atom is -0.497 e. The van der Waals surface area contributed by atoms with Crippen LogP contribution in [-0.4, -0.2) is 26.8 Å². The topological polar surface area (TPSA) is 77.8 Å². The van der Waals surface area contributed by atoms with Gasteiger partial charge in [0.2, 0.25) is 0 Å². The molecule has 0 radical (unpaired) electrons. The van der Waals surface area contributed by atoms with Crippen molar-refractivity contribution in [2.24, 2.45) is 0 Å². The van der Waals surface area contributed by atoms with Gasteiger partial charge in [-0.15, -0.1) is 0 Å². The second-order valence-electron chi connectivity index (χ2n) is 5.43. The van der Waals surface area contributed by atoms with Crippen LogP contribution in [0.15, 0.2) is 48.0 Å². The molecule has 0 aliphatic carbocycles. The lowest BCUT2D eigenvalue weighted by Gasteiger charge is -2.12. The van der Waals surface area contributed by atoms with Gasteiger partial charge in [0.15, 0.2) is 0 Å². The number of hydrogen-bond donors (Lipinski definition) is 0. The minimum atomic E-state index is -0.634. The van der Waals surface area contributed by atoms with E-state index < -0.39 is 5.97 Å². The number of carbonyl (C=O) groups is 1. The first kappa shape index (κ1) is 19.9. The molecule has 0 bridgehead atoms. The van der Waals surface area contributed by atoms with Crippen molar-refractivity contribution in [1.82, 2.24) is 0 Å². The van der Waals surface area contributed by atoms with E-state index in [1.54, 1.807) is 45.4 Å². The Morgan fingerprint density at radius 3 is 2.37 bits per heavy atom. The van der Waals surface area contributed by atoms with Crippen LogP contribution >= 0.6 is 0 Å². The van der Waals surface area contributed by atoms with Gasteiger partial charge >= 0.3 is 5.97 Å². The molecule has 2 aromatic carbocycles. The zero-order valence-electron chi connectivity index (χ0n) is 15.5. The van der Waals surface area contributed by atoms with Crippen LogP contribution in [0.4, 0.5) is 0 Å². The molecule has 0 unspecified atom stereocenters. The summed E-state index contributed by atoms with van der Waals surface area (Å²) in [6.45, 7) is 2.22. The van der Waals surface area contributed by atoms with Crippen molar-refractivity contribution >= 4 is 12.0 Å². The van der Waals surface area contributed by atoms with Crippen LogP contribution in [0.25, 0.3) is 6.08 Å². The molecule has 0 heterocycles. The van der Waals surface area contributed by atoms with Gasteiger partial charge in [0, 0.05) is 5.56 Å². The normalized spacial score (nSPS) is 10.7. The smallest absolute Gasteiger partial charge is 0.348 e. The van der Waals surface area contributed by atoms with E-state index in [0.29, 0.717) is 23.7 Å². The second-order valence-corrected chi connectivity index (χ2v) is 5.43. The molecule has 0 aliphatic rings. The summed E-state index contributed by atoms with van der Waals surface area (Å²) in [5.41, 5.74) is 1.51. The molecule has 0 saturated carbocycles. The van der Waals surface area contributed by atoms with Gasteiger partial charge in [-0.25, -0.2) is 4.79 Å². The van der Waals surface area contributed by atoms with Crippen molar-refractivity contribution in [2.45, 2.75) is 13.5 Å². The summed E-state index contributed by atoms with van der Waals surface area (Å²) >= 11 is 0. The van der Waals surface area contributed by atoms with Gasteiger partial charge in [0.1, 0.15) is 35.5 Å². The second kappa shape index (κ2) is 9.88. The molecule has 0 aliphatic heterocycles. The van der Waals surface area contributed by atoms with Crippen molar-refractivity contribution in [3.63, 3.8) is 0 Å². The van der Waals surface area contributed by atoms with E-state index in [2.05, 4.69) is 0 Å². The highest BCUT2D eigenvalue weighted by atomic mass is 16.5. The first-order valence-corrected chi connectivity index (χ1v) is 8.34. The molecule has 2 aromatic rings. The summed E-state index contributed by atoms with van der Waals surface area (Å²) in [6, 6.07) is 14.4. The number of ether oxygens (including phenoxy) is 4. The van der Waals surface area contributed by atoms with Crippen LogP contribution in [0, 0.1) is 11.3 Å². The quantitative estimate of drug-likeness (QED) is 0.402. The van der Waals surface area contributed by atoms with Crippen molar-refractivity contribution in [1.29, 1.82) is 5.26 Å². The maximum absolute atomic E-state index is 11.7. The molecule has 0 fully saturated rings. The maximum Gasteiger partial charge on any atom is 0.348 e. The van der Waals surface area contributed by atoms with Gasteiger partial charge < -0.3 is 18.9 Å². The number of benzene rings is 2. The van der Waals surface area contributed by atoms with E-state index in [9.17, 15) is 4.79 Å². The van der Waals surface area contributed by atoms with E-state index in [4.69, 9.17) is 24.2 Å². The van der Waals surface area contributed by atoms with E-state index in [0.717, 1.165) is 11.3 Å². The Kier molecular flexibility index (Phi) is 7.26. The van der Waals surface area contributed by atoms with Crippen LogP contribution < -0.4 is 14.2 Å². The fraction of sp³-hybridized carbons (Fsp3) is 0.238. The predicted octanol–water partition coefficient (Wildman–Crippen LogP) is 3.75. The summed E-state index contributed by atoms with van der Waals surface area (Å²) in [5, 5.41) is 9.08. The van der Waals surface area contributed by atoms with E-state index >= 15 is 0 Å². The minimum absolute atomic E-state index is 0.0494. The van der Waals surface area contributed by atoms with Crippen molar-refractivity contribution < 1.29 is 23.7 Å². The fourth-order valence-corrected chi connectivity index (χ4v) is 2.33. The van der Waals surface area contributed by atoms with Crippen LogP contribution in [0.3, 0.4) is 0 Å².